The first-order valence-electron chi connectivity index (χ1n) is 12.3. The van der Waals surface area contributed by atoms with Gasteiger partial charge in [-0.2, -0.15) is 0 Å². The zero-order chi connectivity index (χ0) is 24.0. The fourth-order valence-corrected chi connectivity index (χ4v) is 6.24. The molecule has 2 aromatic carbocycles. The van der Waals surface area contributed by atoms with Crippen LogP contribution in [0, 0.1) is 6.92 Å². The summed E-state index contributed by atoms with van der Waals surface area (Å²) in [6.07, 6.45) is 4.71. The molecule has 0 aliphatic carbocycles. The van der Waals surface area contributed by atoms with Crippen LogP contribution in [0.5, 0.6) is 5.75 Å². The quantitative estimate of drug-likeness (QED) is 0.337. The van der Waals surface area contributed by atoms with Crippen LogP contribution in [0.15, 0.2) is 39.5 Å². The Morgan fingerprint density at radius 1 is 1.26 bits per heavy atom. The Hall–Kier alpha value is -2.70. The number of phenolic OH excluding ortho intramolecular Hbond substituents is 1. The third-order valence-electron chi connectivity index (χ3n) is 7.12. The smallest absolute Gasteiger partial charge is 0.203 e. The number of benzene rings is 2. The summed E-state index contributed by atoms with van der Waals surface area (Å²) >= 11 is 1.52. The van der Waals surface area contributed by atoms with E-state index in [-0.39, 0.29) is 17.1 Å². The third kappa shape index (κ3) is 3.93. The van der Waals surface area contributed by atoms with Gasteiger partial charge in [-0.1, -0.05) is 39.3 Å². The molecule has 2 aromatic heterocycles. The second kappa shape index (κ2) is 9.16. The normalized spacial score (nSPS) is 17.3. The Balaban J connectivity index is 1.70. The lowest BCUT2D eigenvalue weighted by Crippen LogP contribution is -2.38. The van der Waals surface area contributed by atoms with Crippen LogP contribution in [0.2, 0.25) is 0 Å². The van der Waals surface area contributed by atoms with Gasteiger partial charge in [0.15, 0.2) is 0 Å². The maximum atomic E-state index is 14.0. The number of para-hydroxylation sites is 1. The van der Waals surface area contributed by atoms with Gasteiger partial charge in [0.1, 0.15) is 22.1 Å². The summed E-state index contributed by atoms with van der Waals surface area (Å²) in [4.78, 5) is 21.2. The highest BCUT2D eigenvalue weighted by Crippen LogP contribution is 2.38. The van der Waals surface area contributed by atoms with E-state index in [1.54, 1.807) is 0 Å². The van der Waals surface area contributed by atoms with E-state index >= 15 is 0 Å². The molecule has 0 radical (unpaired) electrons. The fourth-order valence-electron chi connectivity index (χ4n) is 5.22. The summed E-state index contributed by atoms with van der Waals surface area (Å²) in [6.45, 7) is 9.77. The molecular formula is C28H32N2O3S. The average Bonchev–Trinajstić information content (AvgIpc) is 3.26. The predicted octanol–water partition coefficient (Wildman–Crippen LogP) is 6.97. The fraction of sp³-hybridized carbons (Fsp3) is 0.429. The minimum Gasteiger partial charge on any atom is -0.507 e. The van der Waals surface area contributed by atoms with Crippen molar-refractivity contribution in [3.05, 3.63) is 57.4 Å². The molecule has 5 nitrogen and oxygen atoms in total. The lowest BCUT2D eigenvalue weighted by Gasteiger charge is -2.35. The zero-order valence-corrected chi connectivity index (χ0v) is 21.2. The van der Waals surface area contributed by atoms with Crippen molar-refractivity contribution in [3.8, 4) is 16.3 Å². The number of aryl methyl sites for hydroxylation is 1. The Kier molecular flexibility index (Phi) is 6.21. The third-order valence-corrected chi connectivity index (χ3v) is 8.17. The average molecular weight is 477 g/mol. The minimum absolute atomic E-state index is 0.000932. The molecule has 1 atom stereocenters. The molecule has 0 saturated carbocycles. The molecule has 1 fully saturated rings. The number of hydrogen-bond acceptors (Lipinski definition) is 6. The first-order chi connectivity index (χ1) is 16.4. The molecule has 0 bridgehead atoms. The van der Waals surface area contributed by atoms with Crippen LogP contribution in [0.1, 0.15) is 69.3 Å². The van der Waals surface area contributed by atoms with Crippen LogP contribution in [0.4, 0.5) is 0 Å². The van der Waals surface area contributed by atoms with E-state index in [4.69, 9.17) is 9.40 Å². The number of nitrogens with zero attached hydrogens (tertiary/aromatic N) is 2. The molecule has 1 N–H and O–H groups in total. The topological polar surface area (TPSA) is 66.6 Å². The minimum atomic E-state index is -0.0703. The standard InChI is InChI=1S/C28H32N2O3S/c1-5-19-10-8-9-13-30(19)15-18-14-20-25(32)23(28-29-21-11-6-7-12-22(21)34-28)26(16(2)3)33-27(20)17(4)24(18)31/h6-7,11-12,14,16,19,31H,5,8-10,13,15H2,1-4H3. The number of thiazole rings is 1. The van der Waals surface area contributed by atoms with Gasteiger partial charge in [0, 0.05) is 29.6 Å². The van der Waals surface area contributed by atoms with Gasteiger partial charge in [0.2, 0.25) is 5.43 Å². The van der Waals surface area contributed by atoms with Gasteiger partial charge in [0.25, 0.3) is 0 Å². The highest BCUT2D eigenvalue weighted by molar-refractivity contribution is 7.21. The molecule has 4 aromatic rings. The highest BCUT2D eigenvalue weighted by atomic mass is 32.1. The molecule has 34 heavy (non-hydrogen) atoms. The number of rotatable bonds is 5. The monoisotopic (exact) mass is 476 g/mol. The van der Waals surface area contributed by atoms with E-state index in [9.17, 15) is 9.90 Å². The summed E-state index contributed by atoms with van der Waals surface area (Å²) < 4.78 is 7.42. The summed E-state index contributed by atoms with van der Waals surface area (Å²) in [5.41, 5.74) is 3.27. The number of phenols is 1. The summed E-state index contributed by atoms with van der Waals surface area (Å²) in [6, 6.07) is 10.3. The van der Waals surface area contributed by atoms with Crippen molar-refractivity contribution in [3.63, 3.8) is 0 Å². The molecule has 1 saturated heterocycles. The molecule has 178 valence electrons. The van der Waals surface area contributed by atoms with E-state index in [1.807, 2.05) is 51.1 Å². The van der Waals surface area contributed by atoms with Gasteiger partial charge < -0.3 is 9.52 Å². The summed E-state index contributed by atoms with van der Waals surface area (Å²) in [5.74, 6) is 0.853. The molecule has 1 aliphatic rings. The maximum Gasteiger partial charge on any atom is 0.203 e. The second-order valence-corrected chi connectivity index (χ2v) is 10.8. The highest BCUT2D eigenvalue weighted by Gasteiger charge is 2.26. The van der Waals surface area contributed by atoms with E-state index in [1.165, 1.54) is 30.6 Å². The Morgan fingerprint density at radius 3 is 2.79 bits per heavy atom. The number of likely N-dealkylation sites (tertiary alicyclic amines) is 1. The van der Waals surface area contributed by atoms with Gasteiger partial charge in [-0.25, -0.2) is 4.98 Å². The van der Waals surface area contributed by atoms with Gasteiger partial charge in [-0.3, -0.25) is 9.69 Å². The van der Waals surface area contributed by atoms with E-state index in [2.05, 4.69) is 11.8 Å². The van der Waals surface area contributed by atoms with Crippen molar-refractivity contribution < 1.29 is 9.52 Å². The maximum absolute atomic E-state index is 14.0. The summed E-state index contributed by atoms with van der Waals surface area (Å²) in [7, 11) is 0. The Labute approximate surface area is 204 Å². The largest absolute Gasteiger partial charge is 0.507 e. The van der Waals surface area contributed by atoms with Gasteiger partial charge in [0.05, 0.1) is 21.2 Å². The van der Waals surface area contributed by atoms with Crippen LogP contribution in [-0.4, -0.2) is 27.6 Å². The van der Waals surface area contributed by atoms with Gasteiger partial charge in [-0.05, 0) is 50.9 Å². The van der Waals surface area contributed by atoms with Crippen molar-refractivity contribution in [2.45, 2.75) is 71.9 Å². The number of piperidine rings is 1. The van der Waals surface area contributed by atoms with Gasteiger partial charge >= 0.3 is 0 Å². The number of fused-ring (bicyclic) bond motifs is 2. The lowest BCUT2D eigenvalue weighted by molar-refractivity contribution is 0.135. The van der Waals surface area contributed by atoms with Crippen molar-refractivity contribution in [1.82, 2.24) is 9.88 Å². The first-order valence-corrected chi connectivity index (χ1v) is 13.1. The number of hydrogen-bond donors (Lipinski definition) is 1. The van der Waals surface area contributed by atoms with Crippen molar-refractivity contribution in [2.24, 2.45) is 0 Å². The summed E-state index contributed by atoms with van der Waals surface area (Å²) in [5, 5.41) is 12.3. The molecular weight excluding hydrogens is 444 g/mol. The molecule has 1 aliphatic heterocycles. The van der Waals surface area contributed by atoms with Gasteiger partial charge in [-0.15, -0.1) is 11.3 Å². The predicted molar refractivity (Wildman–Crippen MR) is 140 cm³/mol. The SMILES string of the molecule is CCC1CCCCN1Cc1cc2c(=O)c(-c3nc4ccccc4s3)c(C(C)C)oc2c(C)c1O. The molecule has 5 rings (SSSR count). The molecule has 0 amide bonds. The van der Waals surface area contributed by atoms with Crippen LogP contribution >= 0.6 is 11.3 Å². The Bertz CT molecular complexity index is 1390. The number of aromatic hydroxyl groups is 1. The van der Waals surface area contributed by atoms with E-state index in [0.717, 1.165) is 28.7 Å². The molecule has 6 heteroatoms. The van der Waals surface area contributed by atoms with E-state index in [0.29, 0.717) is 45.5 Å². The van der Waals surface area contributed by atoms with Crippen molar-refractivity contribution >= 4 is 32.5 Å². The first kappa shape index (κ1) is 23.1. The second-order valence-electron chi connectivity index (χ2n) is 9.73. The van der Waals surface area contributed by atoms with Crippen LogP contribution < -0.4 is 5.43 Å². The molecule has 3 heterocycles. The zero-order valence-electron chi connectivity index (χ0n) is 20.4. The van der Waals surface area contributed by atoms with Crippen LogP contribution in [0.25, 0.3) is 31.8 Å². The van der Waals surface area contributed by atoms with Crippen molar-refractivity contribution in [1.29, 1.82) is 0 Å². The molecule has 1 unspecified atom stereocenters. The van der Waals surface area contributed by atoms with Crippen LogP contribution in [0.3, 0.4) is 0 Å². The number of aromatic nitrogens is 1. The van der Waals surface area contributed by atoms with Crippen molar-refractivity contribution in [2.75, 3.05) is 6.54 Å². The lowest BCUT2D eigenvalue weighted by atomic mass is 9.97. The van der Waals surface area contributed by atoms with Crippen LogP contribution in [-0.2, 0) is 6.54 Å². The van der Waals surface area contributed by atoms with E-state index < -0.39 is 0 Å². The Morgan fingerprint density at radius 2 is 2.06 bits per heavy atom. The molecule has 0 spiro atoms.